The Hall–Kier alpha value is -5.36. The van der Waals surface area contributed by atoms with Crippen molar-refractivity contribution in [1.82, 2.24) is 0 Å². The van der Waals surface area contributed by atoms with Crippen LogP contribution in [0.5, 0.6) is 34.5 Å². The zero-order chi connectivity index (χ0) is 37.2. The van der Waals surface area contributed by atoms with E-state index in [0.29, 0.717) is 72.8 Å². The Balaban J connectivity index is 1.26. The highest BCUT2D eigenvalue weighted by Crippen LogP contribution is 2.52. The lowest BCUT2D eigenvalue weighted by Crippen LogP contribution is -2.22. The molecule has 0 fully saturated rings. The van der Waals surface area contributed by atoms with Crippen LogP contribution in [0, 0.1) is 0 Å². The number of hydrogen-bond acceptors (Lipinski definition) is 6. The molecule has 2 atom stereocenters. The largest absolute Gasteiger partial charge is 0.490 e. The van der Waals surface area contributed by atoms with Gasteiger partial charge in [-0.25, -0.2) is 0 Å². The van der Waals surface area contributed by atoms with Gasteiger partial charge in [-0.15, -0.1) is 0 Å². The van der Waals surface area contributed by atoms with Gasteiger partial charge in [-0.1, -0.05) is 98.8 Å². The maximum absolute atomic E-state index is 6.38. The lowest BCUT2D eigenvalue weighted by molar-refractivity contribution is 0.266. The molecule has 0 bridgehead atoms. The minimum Gasteiger partial charge on any atom is -0.490 e. The van der Waals surface area contributed by atoms with Crippen LogP contribution in [0.4, 0.5) is 0 Å². The van der Waals surface area contributed by atoms with Crippen molar-refractivity contribution in [3.63, 3.8) is 0 Å². The van der Waals surface area contributed by atoms with Crippen molar-refractivity contribution >= 4 is 12.2 Å². The van der Waals surface area contributed by atoms with E-state index in [1.165, 1.54) is 22.3 Å². The zero-order valence-corrected chi connectivity index (χ0v) is 31.9. The number of fused-ring (bicyclic) bond motifs is 2. The zero-order valence-electron chi connectivity index (χ0n) is 31.9. The molecule has 0 saturated carbocycles. The van der Waals surface area contributed by atoms with Crippen LogP contribution in [0.2, 0.25) is 0 Å². The van der Waals surface area contributed by atoms with E-state index in [-0.39, 0.29) is 0 Å². The summed E-state index contributed by atoms with van der Waals surface area (Å²) in [6.07, 6.45) is 18.2. The lowest BCUT2D eigenvalue weighted by Gasteiger charge is -2.32. The molecule has 6 heteroatoms. The average Bonchev–Trinajstić information content (AvgIpc) is 3.78. The Bertz CT molecular complexity index is 1840. The minimum absolute atomic E-state index is 0.334. The van der Waals surface area contributed by atoms with E-state index < -0.39 is 5.41 Å². The molecule has 0 N–H and O–H groups in total. The molecule has 0 radical (unpaired) electrons. The molecule has 6 rings (SSSR count). The second-order valence-electron chi connectivity index (χ2n) is 13.5. The normalized spacial score (nSPS) is 15.9. The summed E-state index contributed by atoms with van der Waals surface area (Å²) in [4.78, 5) is 0. The van der Waals surface area contributed by atoms with Gasteiger partial charge in [0.05, 0.1) is 39.0 Å². The Kier molecular flexibility index (Phi) is 12.3. The standard InChI is InChI=1S/C47H52O6/c1-7-48-43-39(27-29-41(45(43)50-9-3)52-31-15-19-35-25-23-33-17-11-13-21-37(33)35)47(5,6)40-28-30-42(46(51-10-4)44(40)49-8-2)53-32-16-20-36-26-24-34-18-12-14-22-38(34)36/h11-18,21-32,35-36H,7-10,19-20H2,1-6H3. The quantitative estimate of drug-likeness (QED) is 0.0957. The maximum Gasteiger partial charge on any atom is 0.204 e. The summed E-state index contributed by atoms with van der Waals surface area (Å²) in [5.41, 5.74) is 6.53. The molecule has 0 aromatic heterocycles. The van der Waals surface area contributed by atoms with E-state index in [2.05, 4.69) is 111 Å². The van der Waals surface area contributed by atoms with Crippen molar-refractivity contribution < 1.29 is 28.4 Å². The van der Waals surface area contributed by atoms with Gasteiger partial charge < -0.3 is 28.4 Å². The van der Waals surface area contributed by atoms with Gasteiger partial charge in [0.2, 0.25) is 11.5 Å². The Morgan fingerprint density at radius 1 is 0.509 bits per heavy atom. The molecule has 0 saturated heterocycles. The molecule has 276 valence electrons. The first kappa shape index (κ1) is 37.4. The van der Waals surface area contributed by atoms with Gasteiger partial charge in [-0.3, -0.25) is 0 Å². The summed E-state index contributed by atoms with van der Waals surface area (Å²) in [6, 6.07) is 25.1. The Morgan fingerprint density at radius 3 is 1.32 bits per heavy atom. The molecular formula is C47H52O6. The summed E-state index contributed by atoms with van der Waals surface area (Å²) in [5.74, 6) is 4.29. The van der Waals surface area contributed by atoms with Crippen LogP contribution in [-0.2, 0) is 5.41 Å². The highest BCUT2D eigenvalue weighted by Gasteiger charge is 2.35. The van der Waals surface area contributed by atoms with Gasteiger partial charge in [0.1, 0.15) is 0 Å². The summed E-state index contributed by atoms with van der Waals surface area (Å²) in [5, 5.41) is 0. The maximum atomic E-state index is 6.38. The number of hydrogen-bond donors (Lipinski definition) is 0. The summed E-state index contributed by atoms with van der Waals surface area (Å²) in [7, 11) is 0. The van der Waals surface area contributed by atoms with Gasteiger partial charge in [0, 0.05) is 28.4 Å². The van der Waals surface area contributed by atoms with E-state index in [1.807, 2.05) is 39.8 Å². The molecule has 2 unspecified atom stereocenters. The molecule has 0 amide bonds. The highest BCUT2D eigenvalue weighted by atomic mass is 16.5. The topological polar surface area (TPSA) is 55.4 Å². The molecule has 0 heterocycles. The van der Waals surface area contributed by atoms with Crippen molar-refractivity contribution in [2.45, 2.75) is 71.6 Å². The monoisotopic (exact) mass is 712 g/mol. The van der Waals surface area contributed by atoms with Crippen LogP contribution in [0.25, 0.3) is 12.2 Å². The molecule has 0 spiro atoms. The van der Waals surface area contributed by atoms with Crippen LogP contribution in [0.1, 0.15) is 99.6 Å². The van der Waals surface area contributed by atoms with Gasteiger partial charge in [-0.2, -0.15) is 0 Å². The third kappa shape index (κ3) is 8.17. The lowest BCUT2D eigenvalue weighted by atomic mass is 9.76. The number of ether oxygens (including phenoxy) is 6. The first-order valence-corrected chi connectivity index (χ1v) is 18.9. The first-order chi connectivity index (χ1) is 25.9. The van der Waals surface area contributed by atoms with E-state index in [4.69, 9.17) is 28.4 Å². The molecule has 6 nitrogen and oxygen atoms in total. The van der Waals surface area contributed by atoms with Crippen molar-refractivity contribution in [3.05, 3.63) is 143 Å². The van der Waals surface area contributed by atoms with Crippen LogP contribution in [-0.4, -0.2) is 26.4 Å². The molecule has 4 aromatic carbocycles. The predicted octanol–water partition coefficient (Wildman–Crippen LogP) is 11.8. The summed E-state index contributed by atoms with van der Waals surface area (Å²) < 4.78 is 37.8. The highest BCUT2D eigenvalue weighted by molar-refractivity contribution is 5.66. The van der Waals surface area contributed by atoms with Gasteiger partial charge in [0.15, 0.2) is 23.0 Å². The minimum atomic E-state index is -0.597. The fourth-order valence-corrected chi connectivity index (χ4v) is 7.25. The predicted molar refractivity (Wildman–Crippen MR) is 215 cm³/mol. The van der Waals surface area contributed by atoms with Crippen LogP contribution < -0.4 is 28.4 Å². The molecule has 4 aromatic rings. The van der Waals surface area contributed by atoms with Gasteiger partial charge in [-0.05, 0) is 87.1 Å². The van der Waals surface area contributed by atoms with E-state index in [9.17, 15) is 0 Å². The third-order valence-electron chi connectivity index (χ3n) is 9.82. The number of benzene rings is 4. The van der Waals surface area contributed by atoms with Gasteiger partial charge >= 0.3 is 0 Å². The second kappa shape index (κ2) is 17.4. The van der Waals surface area contributed by atoms with Gasteiger partial charge in [0.25, 0.3) is 0 Å². The third-order valence-corrected chi connectivity index (χ3v) is 9.82. The van der Waals surface area contributed by atoms with Crippen LogP contribution >= 0.6 is 0 Å². The summed E-state index contributed by atoms with van der Waals surface area (Å²) >= 11 is 0. The van der Waals surface area contributed by atoms with Crippen LogP contribution in [0.3, 0.4) is 0 Å². The van der Waals surface area contributed by atoms with E-state index in [0.717, 1.165) is 24.0 Å². The molecule has 2 aliphatic rings. The summed E-state index contributed by atoms with van der Waals surface area (Å²) in [6.45, 7) is 14.0. The fourth-order valence-electron chi connectivity index (χ4n) is 7.25. The molecule has 53 heavy (non-hydrogen) atoms. The number of allylic oxidation sites excluding steroid dienone is 4. The Labute approximate surface area is 315 Å². The second-order valence-corrected chi connectivity index (χ2v) is 13.5. The van der Waals surface area contributed by atoms with Crippen molar-refractivity contribution in [2.24, 2.45) is 0 Å². The average molecular weight is 713 g/mol. The van der Waals surface area contributed by atoms with Crippen molar-refractivity contribution in [1.29, 1.82) is 0 Å². The molecule has 2 aliphatic carbocycles. The van der Waals surface area contributed by atoms with E-state index in [1.54, 1.807) is 12.5 Å². The van der Waals surface area contributed by atoms with E-state index >= 15 is 0 Å². The van der Waals surface area contributed by atoms with Crippen molar-refractivity contribution in [3.8, 4) is 34.5 Å². The first-order valence-electron chi connectivity index (χ1n) is 18.9. The molecular weight excluding hydrogens is 661 g/mol. The SMILES string of the molecule is CCOc1c(OC=CCC2C=Cc3ccccc32)ccc(C(C)(C)c2ccc(OC=CCC3C=Cc4ccccc43)c(OCC)c2OCC)c1OCC. The Morgan fingerprint density at radius 2 is 0.906 bits per heavy atom. The smallest absolute Gasteiger partial charge is 0.204 e. The van der Waals surface area contributed by atoms with Crippen molar-refractivity contribution in [2.75, 3.05) is 26.4 Å². The fraction of sp³-hybridized carbons (Fsp3) is 0.319. The number of rotatable bonds is 18. The molecule has 0 aliphatic heterocycles. The van der Waals surface area contributed by atoms with Crippen LogP contribution in [0.15, 0.2) is 110 Å².